The monoisotopic (exact) mass is 214 g/mol. The zero-order valence-corrected chi connectivity index (χ0v) is 10.5. The fourth-order valence-corrected chi connectivity index (χ4v) is 1.57. The molecule has 0 unspecified atom stereocenters. The van der Waals surface area contributed by atoms with E-state index in [2.05, 4.69) is 24.1 Å². The molecule has 0 atom stereocenters. The molecule has 90 valence electrons. The number of carbonyl (C=O) groups excluding carboxylic acids is 1. The van der Waals surface area contributed by atoms with Crippen LogP contribution in [0.3, 0.4) is 0 Å². The Kier molecular flexibility index (Phi) is 9.59. The molecule has 0 aromatic rings. The van der Waals surface area contributed by atoms with Gasteiger partial charge in [0.2, 0.25) is 5.91 Å². The summed E-state index contributed by atoms with van der Waals surface area (Å²) in [4.78, 5) is 13.0. The van der Waals surface area contributed by atoms with Crippen molar-refractivity contribution in [3.63, 3.8) is 0 Å². The summed E-state index contributed by atoms with van der Waals surface area (Å²) in [7, 11) is 0. The minimum atomic E-state index is 0.0759. The molecule has 1 aliphatic rings. The van der Waals surface area contributed by atoms with Gasteiger partial charge in [-0.15, -0.1) is 0 Å². The van der Waals surface area contributed by atoms with Gasteiger partial charge in [-0.25, -0.2) is 0 Å². The molecule has 1 N–H and O–H groups in total. The summed E-state index contributed by atoms with van der Waals surface area (Å²) >= 11 is 0. The summed E-state index contributed by atoms with van der Waals surface area (Å²) < 4.78 is 0. The van der Waals surface area contributed by atoms with Gasteiger partial charge in [0.15, 0.2) is 0 Å². The van der Waals surface area contributed by atoms with Crippen molar-refractivity contribution in [1.82, 2.24) is 10.2 Å². The number of likely N-dealkylation sites (tertiary alicyclic amines) is 1. The minimum absolute atomic E-state index is 0.0759. The average Bonchev–Trinajstić information content (AvgIpc) is 2.20. The van der Waals surface area contributed by atoms with Crippen LogP contribution in [0.5, 0.6) is 0 Å². The highest BCUT2D eigenvalue weighted by Gasteiger charge is 2.08. The van der Waals surface area contributed by atoms with Gasteiger partial charge in [-0.1, -0.05) is 26.7 Å². The SMILES string of the molecule is CC(=O)NCCN1CCCCC1.CCC. The minimum Gasteiger partial charge on any atom is -0.355 e. The lowest BCUT2D eigenvalue weighted by molar-refractivity contribution is -0.119. The number of carbonyl (C=O) groups is 1. The summed E-state index contributed by atoms with van der Waals surface area (Å²) in [5.74, 6) is 0.0759. The standard InChI is InChI=1S/C9H18N2O.C3H8/c1-9(12)10-5-8-11-6-3-2-4-7-11;1-3-2/h2-8H2,1H3,(H,10,12);3H2,1-2H3. The van der Waals surface area contributed by atoms with Crippen molar-refractivity contribution in [2.75, 3.05) is 26.2 Å². The van der Waals surface area contributed by atoms with Gasteiger partial charge < -0.3 is 10.2 Å². The summed E-state index contributed by atoms with van der Waals surface area (Å²) in [6.07, 6.45) is 5.26. The highest BCUT2D eigenvalue weighted by molar-refractivity contribution is 5.72. The molecule has 0 aliphatic carbocycles. The Balaban J connectivity index is 0.000000583. The van der Waals surface area contributed by atoms with E-state index in [-0.39, 0.29) is 5.91 Å². The molecule has 3 nitrogen and oxygen atoms in total. The van der Waals surface area contributed by atoms with Crippen LogP contribution in [0.15, 0.2) is 0 Å². The molecule has 0 aromatic carbocycles. The van der Waals surface area contributed by atoms with Crippen molar-refractivity contribution in [2.45, 2.75) is 46.5 Å². The van der Waals surface area contributed by atoms with E-state index in [1.807, 2.05) is 0 Å². The smallest absolute Gasteiger partial charge is 0.216 e. The Morgan fingerprint density at radius 3 is 2.20 bits per heavy atom. The number of hydrogen-bond acceptors (Lipinski definition) is 2. The van der Waals surface area contributed by atoms with Crippen LogP contribution in [-0.4, -0.2) is 37.0 Å². The van der Waals surface area contributed by atoms with Crippen molar-refractivity contribution < 1.29 is 4.79 Å². The fraction of sp³-hybridized carbons (Fsp3) is 0.917. The first-order valence-corrected chi connectivity index (χ1v) is 6.17. The van der Waals surface area contributed by atoms with Crippen LogP contribution in [-0.2, 0) is 4.79 Å². The lowest BCUT2D eigenvalue weighted by Gasteiger charge is -2.26. The molecule has 0 spiro atoms. The van der Waals surface area contributed by atoms with Crippen LogP contribution in [0.2, 0.25) is 0 Å². The van der Waals surface area contributed by atoms with E-state index >= 15 is 0 Å². The van der Waals surface area contributed by atoms with Gasteiger partial charge in [0.05, 0.1) is 0 Å². The van der Waals surface area contributed by atoms with Gasteiger partial charge in [-0.05, 0) is 25.9 Å². The van der Waals surface area contributed by atoms with Crippen LogP contribution in [0, 0.1) is 0 Å². The van der Waals surface area contributed by atoms with Gasteiger partial charge in [0.25, 0.3) is 0 Å². The number of piperidine rings is 1. The largest absolute Gasteiger partial charge is 0.355 e. The third-order valence-electron chi connectivity index (χ3n) is 2.25. The molecule has 0 radical (unpaired) electrons. The third-order valence-corrected chi connectivity index (χ3v) is 2.25. The Labute approximate surface area is 94.2 Å². The zero-order chi connectivity index (χ0) is 11.5. The number of rotatable bonds is 3. The first kappa shape index (κ1) is 14.4. The maximum atomic E-state index is 10.6. The maximum absolute atomic E-state index is 10.6. The van der Waals surface area contributed by atoms with Gasteiger partial charge >= 0.3 is 0 Å². The Bertz CT molecular complexity index is 154. The second-order valence-electron chi connectivity index (χ2n) is 4.09. The first-order chi connectivity index (χ1) is 7.20. The Morgan fingerprint density at radius 1 is 1.20 bits per heavy atom. The van der Waals surface area contributed by atoms with Gasteiger partial charge in [-0.3, -0.25) is 4.79 Å². The zero-order valence-electron chi connectivity index (χ0n) is 10.5. The molecule has 1 rings (SSSR count). The molecule has 1 saturated heterocycles. The van der Waals surface area contributed by atoms with E-state index in [1.54, 1.807) is 6.92 Å². The first-order valence-electron chi connectivity index (χ1n) is 6.17. The van der Waals surface area contributed by atoms with Crippen molar-refractivity contribution in [3.05, 3.63) is 0 Å². The van der Waals surface area contributed by atoms with Crippen molar-refractivity contribution in [3.8, 4) is 0 Å². The number of nitrogens with zero attached hydrogens (tertiary/aromatic N) is 1. The van der Waals surface area contributed by atoms with Gasteiger partial charge in [0, 0.05) is 20.0 Å². The summed E-state index contributed by atoms with van der Waals surface area (Å²) in [6.45, 7) is 10.0. The second-order valence-corrected chi connectivity index (χ2v) is 4.09. The lowest BCUT2D eigenvalue weighted by Crippen LogP contribution is -2.36. The normalized spacial score (nSPS) is 16.5. The Morgan fingerprint density at radius 2 is 1.73 bits per heavy atom. The van der Waals surface area contributed by atoms with Gasteiger partial charge in [0.1, 0.15) is 0 Å². The summed E-state index contributed by atoms with van der Waals surface area (Å²) in [5, 5.41) is 2.81. The van der Waals surface area contributed by atoms with Crippen molar-refractivity contribution >= 4 is 5.91 Å². The quantitative estimate of drug-likeness (QED) is 0.779. The molecule has 3 heteroatoms. The average molecular weight is 214 g/mol. The summed E-state index contributed by atoms with van der Waals surface area (Å²) in [5.41, 5.74) is 0. The van der Waals surface area contributed by atoms with Crippen LogP contribution in [0.1, 0.15) is 46.5 Å². The topological polar surface area (TPSA) is 32.3 Å². The Hall–Kier alpha value is -0.570. The van der Waals surface area contributed by atoms with E-state index in [4.69, 9.17) is 0 Å². The van der Waals surface area contributed by atoms with Crippen molar-refractivity contribution in [2.24, 2.45) is 0 Å². The molecule has 0 bridgehead atoms. The maximum Gasteiger partial charge on any atom is 0.216 e. The predicted molar refractivity (Wildman–Crippen MR) is 64.9 cm³/mol. The molecule has 15 heavy (non-hydrogen) atoms. The van der Waals surface area contributed by atoms with E-state index in [1.165, 1.54) is 38.8 Å². The van der Waals surface area contributed by atoms with Crippen molar-refractivity contribution in [1.29, 1.82) is 0 Å². The molecule has 1 fully saturated rings. The number of amides is 1. The third kappa shape index (κ3) is 9.73. The number of nitrogens with one attached hydrogen (secondary N) is 1. The van der Waals surface area contributed by atoms with Crippen LogP contribution in [0.4, 0.5) is 0 Å². The van der Waals surface area contributed by atoms with Crippen LogP contribution in [0.25, 0.3) is 0 Å². The molecular weight excluding hydrogens is 188 g/mol. The highest BCUT2D eigenvalue weighted by atomic mass is 16.1. The second kappa shape index (κ2) is 9.97. The highest BCUT2D eigenvalue weighted by Crippen LogP contribution is 2.06. The molecule has 1 amide bonds. The van der Waals surface area contributed by atoms with E-state index in [0.717, 1.165) is 13.1 Å². The molecule has 1 aliphatic heterocycles. The fourth-order valence-electron chi connectivity index (χ4n) is 1.57. The van der Waals surface area contributed by atoms with E-state index < -0.39 is 0 Å². The molecule has 1 heterocycles. The van der Waals surface area contributed by atoms with E-state index in [9.17, 15) is 4.79 Å². The van der Waals surface area contributed by atoms with Crippen LogP contribution >= 0.6 is 0 Å². The lowest BCUT2D eigenvalue weighted by atomic mass is 10.1. The predicted octanol–water partition coefficient (Wildman–Crippen LogP) is 2.02. The molecular formula is C12H26N2O. The molecule has 0 saturated carbocycles. The molecule has 0 aromatic heterocycles. The van der Waals surface area contributed by atoms with Gasteiger partial charge in [-0.2, -0.15) is 0 Å². The van der Waals surface area contributed by atoms with Crippen LogP contribution < -0.4 is 5.32 Å². The number of hydrogen-bond donors (Lipinski definition) is 1. The van der Waals surface area contributed by atoms with E-state index in [0.29, 0.717) is 0 Å². The summed E-state index contributed by atoms with van der Waals surface area (Å²) in [6, 6.07) is 0.